The number of nitrogens with two attached hydrogens (primary N) is 1. The SMILES string of the molecule is C=CC(=O)N1CCCC(n2cc(Nc3ncc(C(N)=O)c(NCC4CC4)n3)cn2)C1. The van der Waals surface area contributed by atoms with Crippen LogP contribution >= 0.6 is 0 Å². The van der Waals surface area contributed by atoms with Crippen LogP contribution in [-0.4, -0.2) is 56.1 Å². The molecule has 2 aliphatic rings. The van der Waals surface area contributed by atoms with Crippen molar-refractivity contribution < 1.29 is 9.59 Å². The molecule has 1 saturated heterocycles. The van der Waals surface area contributed by atoms with Gasteiger partial charge in [-0.15, -0.1) is 0 Å². The van der Waals surface area contributed by atoms with Crippen molar-refractivity contribution in [1.29, 1.82) is 0 Å². The van der Waals surface area contributed by atoms with E-state index >= 15 is 0 Å². The van der Waals surface area contributed by atoms with Gasteiger partial charge in [0, 0.05) is 32.0 Å². The summed E-state index contributed by atoms with van der Waals surface area (Å²) in [4.78, 5) is 34.0. The molecule has 1 aliphatic heterocycles. The number of hydrogen-bond donors (Lipinski definition) is 3. The van der Waals surface area contributed by atoms with E-state index in [1.165, 1.54) is 25.1 Å². The number of nitrogens with one attached hydrogen (secondary N) is 2. The van der Waals surface area contributed by atoms with Crippen LogP contribution in [0.15, 0.2) is 31.2 Å². The first kappa shape index (κ1) is 19.9. The second-order valence-electron chi connectivity index (χ2n) is 7.76. The number of hydrogen-bond acceptors (Lipinski definition) is 7. The lowest BCUT2D eigenvalue weighted by Crippen LogP contribution is -2.39. The van der Waals surface area contributed by atoms with Gasteiger partial charge in [0.2, 0.25) is 11.9 Å². The third-order valence-corrected chi connectivity index (χ3v) is 5.42. The largest absolute Gasteiger partial charge is 0.369 e. The highest BCUT2D eigenvalue weighted by Gasteiger charge is 2.24. The maximum absolute atomic E-state index is 11.9. The second-order valence-corrected chi connectivity index (χ2v) is 7.76. The van der Waals surface area contributed by atoms with Gasteiger partial charge in [-0.2, -0.15) is 10.1 Å². The number of carbonyl (C=O) groups is 2. The number of aromatic nitrogens is 4. The van der Waals surface area contributed by atoms with Crippen LogP contribution in [-0.2, 0) is 4.79 Å². The number of primary amides is 1. The standard InChI is InChI=1S/C20H26N8O2/c1-2-17(29)27-7-3-4-15(12-27)28-11-14(9-24-28)25-20-23-10-16(18(21)30)19(26-20)22-8-13-5-6-13/h2,9-11,13,15H,1,3-8,12H2,(H2,21,30)(H2,22,23,25,26). The molecule has 2 aromatic heterocycles. The molecule has 0 radical (unpaired) electrons. The molecule has 158 valence electrons. The Labute approximate surface area is 174 Å². The molecule has 30 heavy (non-hydrogen) atoms. The lowest BCUT2D eigenvalue weighted by Gasteiger charge is -2.32. The van der Waals surface area contributed by atoms with Crippen molar-refractivity contribution >= 4 is 29.3 Å². The van der Waals surface area contributed by atoms with Crippen LogP contribution in [0.1, 0.15) is 42.1 Å². The van der Waals surface area contributed by atoms with E-state index in [2.05, 4.69) is 32.3 Å². The highest BCUT2D eigenvalue weighted by molar-refractivity contribution is 5.97. The number of piperidine rings is 1. The summed E-state index contributed by atoms with van der Waals surface area (Å²) in [6.07, 6.45) is 10.6. The number of rotatable bonds is 8. The van der Waals surface area contributed by atoms with Crippen molar-refractivity contribution in [2.24, 2.45) is 11.7 Å². The van der Waals surface area contributed by atoms with E-state index in [-0.39, 0.29) is 17.5 Å². The molecule has 4 rings (SSSR count). The first-order valence-corrected chi connectivity index (χ1v) is 10.2. The van der Waals surface area contributed by atoms with Gasteiger partial charge in [0.05, 0.1) is 23.5 Å². The van der Waals surface area contributed by atoms with Crippen LogP contribution in [0.25, 0.3) is 0 Å². The zero-order chi connectivity index (χ0) is 21.1. The minimum absolute atomic E-state index is 0.0561. The summed E-state index contributed by atoms with van der Waals surface area (Å²) in [5.41, 5.74) is 6.43. The molecule has 3 heterocycles. The fourth-order valence-corrected chi connectivity index (χ4v) is 3.55. The number of nitrogens with zero attached hydrogens (tertiary/aromatic N) is 5. The summed E-state index contributed by atoms with van der Waals surface area (Å²) in [7, 11) is 0. The van der Waals surface area contributed by atoms with Crippen molar-refractivity contribution in [1.82, 2.24) is 24.6 Å². The van der Waals surface area contributed by atoms with Gasteiger partial charge in [0.15, 0.2) is 0 Å². The molecule has 1 unspecified atom stereocenters. The van der Waals surface area contributed by atoms with Crippen LogP contribution in [0, 0.1) is 5.92 Å². The topological polar surface area (TPSA) is 131 Å². The average molecular weight is 410 g/mol. The molecule has 10 heteroatoms. The monoisotopic (exact) mass is 410 g/mol. The molecular formula is C20H26N8O2. The molecule has 1 aliphatic carbocycles. The van der Waals surface area contributed by atoms with E-state index in [0.717, 1.165) is 31.6 Å². The van der Waals surface area contributed by atoms with E-state index in [4.69, 9.17) is 5.73 Å². The number of amides is 2. The molecule has 4 N–H and O–H groups in total. The van der Waals surface area contributed by atoms with Gasteiger partial charge in [-0.25, -0.2) is 4.98 Å². The van der Waals surface area contributed by atoms with E-state index in [1.54, 1.807) is 11.1 Å². The van der Waals surface area contributed by atoms with Gasteiger partial charge in [-0.05, 0) is 37.7 Å². The zero-order valence-electron chi connectivity index (χ0n) is 16.8. The second kappa shape index (κ2) is 8.52. The maximum atomic E-state index is 11.9. The minimum atomic E-state index is -0.566. The van der Waals surface area contributed by atoms with Gasteiger partial charge in [-0.3, -0.25) is 14.3 Å². The lowest BCUT2D eigenvalue weighted by molar-refractivity contribution is -0.127. The van der Waals surface area contributed by atoms with E-state index in [0.29, 0.717) is 24.2 Å². The summed E-state index contributed by atoms with van der Waals surface area (Å²) in [5.74, 6) is 0.788. The molecule has 0 spiro atoms. The maximum Gasteiger partial charge on any atom is 0.254 e. The summed E-state index contributed by atoms with van der Waals surface area (Å²) >= 11 is 0. The first-order valence-electron chi connectivity index (χ1n) is 10.2. The van der Waals surface area contributed by atoms with E-state index in [9.17, 15) is 9.59 Å². The van der Waals surface area contributed by atoms with Crippen molar-refractivity contribution in [2.75, 3.05) is 30.3 Å². The van der Waals surface area contributed by atoms with Gasteiger partial charge < -0.3 is 21.3 Å². The van der Waals surface area contributed by atoms with Gasteiger partial charge in [0.25, 0.3) is 5.91 Å². The van der Waals surface area contributed by atoms with Crippen molar-refractivity contribution in [3.8, 4) is 0 Å². The van der Waals surface area contributed by atoms with E-state index in [1.807, 2.05) is 10.9 Å². The number of anilines is 3. The molecule has 0 bridgehead atoms. The zero-order valence-corrected chi connectivity index (χ0v) is 16.8. The quantitative estimate of drug-likeness (QED) is 0.564. The van der Waals surface area contributed by atoms with Gasteiger partial charge >= 0.3 is 0 Å². The Balaban J connectivity index is 1.45. The summed E-state index contributed by atoms with van der Waals surface area (Å²) in [6.45, 7) is 5.67. The summed E-state index contributed by atoms with van der Waals surface area (Å²) in [5, 5.41) is 10.8. The summed E-state index contributed by atoms with van der Waals surface area (Å²) < 4.78 is 1.86. The van der Waals surface area contributed by atoms with Crippen LogP contribution in [0.4, 0.5) is 17.5 Å². The Morgan fingerprint density at radius 2 is 2.13 bits per heavy atom. The smallest absolute Gasteiger partial charge is 0.254 e. The van der Waals surface area contributed by atoms with Crippen LogP contribution in [0.3, 0.4) is 0 Å². The lowest BCUT2D eigenvalue weighted by atomic mass is 10.1. The Hall–Kier alpha value is -3.43. The fourth-order valence-electron chi connectivity index (χ4n) is 3.55. The highest BCUT2D eigenvalue weighted by atomic mass is 16.2. The Bertz CT molecular complexity index is 952. The fraction of sp³-hybridized carbons (Fsp3) is 0.450. The molecule has 1 atom stereocenters. The molecule has 1 saturated carbocycles. The molecule has 2 amide bonds. The normalized spacial score (nSPS) is 18.7. The number of carbonyl (C=O) groups excluding carboxylic acids is 2. The molecule has 10 nitrogen and oxygen atoms in total. The minimum Gasteiger partial charge on any atom is -0.369 e. The summed E-state index contributed by atoms with van der Waals surface area (Å²) in [6, 6.07) is 0.104. The molecular weight excluding hydrogens is 384 g/mol. The van der Waals surface area contributed by atoms with Crippen molar-refractivity contribution in [3.05, 3.63) is 36.8 Å². The Morgan fingerprint density at radius 3 is 2.87 bits per heavy atom. The van der Waals surface area contributed by atoms with E-state index < -0.39 is 5.91 Å². The number of likely N-dealkylation sites (tertiary alicyclic amines) is 1. The van der Waals surface area contributed by atoms with Crippen LogP contribution in [0.2, 0.25) is 0 Å². The predicted octanol–water partition coefficient (Wildman–Crippen LogP) is 1.69. The van der Waals surface area contributed by atoms with Gasteiger partial charge in [0.1, 0.15) is 5.82 Å². The van der Waals surface area contributed by atoms with Crippen molar-refractivity contribution in [3.63, 3.8) is 0 Å². The third-order valence-electron chi connectivity index (χ3n) is 5.42. The average Bonchev–Trinajstić information content (AvgIpc) is 3.48. The highest BCUT2D eigenvalue weighted by Crippen LogP contribution is 2.29. The molecule has 2 aromatic rings. The van der Waals surface area contributed by atoms with Crippen LogP contribution < -0.4 is 16.4 Å². The van der Waals surface area contributed by atoms with Crippen molar-refractivity contribution in [2.45, 2.75) is 31.7 Å². The molecule has 0 aromatic carbocycles. The Kier molecular flexibility index (Phi) is 5.64. The predicted molar refractivity (Wildman–Crippen MR) is 112 cm³/mol. The van der Waals surface area contributed by atoms with Gasteiger partial charge in [-0.1, -0.05) is 6.58 Å². The first-order chi connectivity index (χ1) is 14.5. The Morgan fingerprint density at radius 1 is 1.30 bits per heavy atom. The van der Waals surface area contributed by atoms with Crippen LogP contribution in [0.5, 0.6) is 0 Å². The molecule has 2 fully saturated rings. The third kappa shape index (κ3) is 4.58.